The first kappa shape index (κ1) is 47.6. The van der Waals surface area contributed by atoms with E-state index in [0.717, 1.165) is 11.2 Å². The number of aliphatic hydroxyl groups is 1. The molecule has 68 heavy (non-hydrogen) atoms. The van der Waals surface area contributed by atoms with Crippen LogP contribution < -0.4 is 31.7 Å². The van der Waals surface area contributed by atoms with Crippen molar-refractivity contribution in [3.05, 3.63) is 70.3 Å². The standard InChI is InChI=1S/C46H61N15O7/c1-7-59-35(19-27(3)53-59)43(65)51-45-49-33-22-30(42(48)64)24-37(68-16-10-12-55(5)38(62)26-57-14-17-67-18-15-57)40(33)58(45)13-9-11-31-25-56(6)34-23-29(41(47)63)21-32-39(34)61(31)46(50-32)52-44(66)36-20-28(4)54-60(36)8-2/h19-24,31,42,64H,7-18,25-26,48H2,1-6H3,(H2,47,63)(H,49,51,65)(H,50,52,66)/t31-,42?/m0/s1. The van der Waals surface area contributed by atoms with Crippen molar-refractivity contribution in [3.63, 3.8) is 0 Å². The number of hydrogen-bond donors (Lipinski definition) is 5. The van der Waals surface area contributed by atoms with E-state index in [2.05, 4.69) is 30.6 Å². The lowest BCUT2D eigenvalue weighted by Gasteiger charge is -2.34. The molecule has 2 aliphatic rings. The molecule has 0 radical (unpaired) electrons. The summed E-state index contributed by atoms with van der Waals surface area (Å²) in [6.07, 6.45) is 0.279. The molecule has 7 N–H and O–H groups in total. The number of aryl methyl sites for hydroxylation is 5. The molecule has 2 atom stereocenters. The lowest BCUT2D eigenvalue weighted by molar-refractivity contribution is -0.132. The molecule has 1 fully saturated rings. The largest absolute Gasteiger partial charge is 0.491 e. The number of fused-ring (bicyclic) bond motifs is 1. The number of morpholine rings is 1. The number of nitrogens with two attached hydrogens (primary N) is 2. The van der Waals surface area contributed by atoms with Gasteiger partial charge in [0, 0.05) is 71.0 Å². The summed E-state index contributed by atoms with van der Waals surface area (Å²) >= 11 is 0. The Morgan fingerprint density at radius 3 is 2.16 bits per heavy atom. The second kappa shape index (κ2) is 20.1. The van der Waals surface area contributed by atoms with E-state index in [1.165, 1.54) is 0 Å². The highest BCUT2D eigenvalue weighted by atomic mass is 16.5. The second-order valence-electron chi connectivity index (χ2n) is 17.4. The maximum absolute atomic E-state index is 14.0. The van der Waals surface area contributed by atoms with Crippen molar-refractivity contribution in [1.82, 2.24) is 48.5 Å². The number of benzene rings is 2. The van der Waals surface area contributed by atoms with Gasteiger partial charge in [-0.1, -0.05) is 0 Å². The number of hydrogen-bond acceptors (Lipinski definition) is 14. The molecule has 6 heterocycles. The summed E-state index contributed by atoms with van der Waals surface area (Å²) in [6, 6.07) is 9.95. The number of imidazole rings is 2. The van der Waals surface area contributed by atoms with Gasteiger partial charge in [0.2, 0.25) is 23.7 Å². The highest BCUT2D eigenvalue weighted by Gasteiger charge is 2.31. The van der Waals surface area contributed by atoms with Crippen LogP contribution in [-0.2, 0) is 29.2 Å². The Morgan fingerprint density at radius 2 is 1.53 bits per heavy atom. The monoisotopic (exact) mass is 935 g/mol. The first-order valence-electron chi connectivity index (χ1n) is 23.1. The number of rotatable bonds is 19. The number of likely N-dealkylation sites (N-methyl/N-ethyl adjacent to an activating group) is 2. The van der Waals surface area contributed by atoms with Crippen molar-refractivity contribution in [2.24, 2.45) is 11.5 Å². The van der Waals surface area contributed by atoms with Crippen molar-refractivity contribution in [3.8, 4) is 5.75 Å². The Labute approximate surface area is 393 Å². The Balaban J connectivity index is 1.10. The molecule has 0 saturated carbocycles. The molecule has 1 saturated heterocycles. The Bertz CT molecular complexity index is 2850. The van der Waals surface area contributed by atoms with Gasteiger partial charge in [0.25, 0.3) is 11.8 Å². The zero-order chi connectivity index (χ0) is 48.4. The molecule has 362 valence electrons. The van der Waals surface area contributed by atoms with E-state index >= 15 is 0 Å². The third kappa shape index (κ3) is 9.89. The molecule has 22 nitrogen and oxygen atoms in total. The van der Waals surface area contributed by atoms with Gasteiger partial charge in [-0.05, 0) is 83.4 Å². The average Bonchev–Trinajstić information content (AvgIpc) is 4.09. The zero-order valence-corrected chi connectivity index (χ0v) is 39.5. The van der Waals surface area contributed by atoms with Crippen LogP contribution in [0.15, 0.2) is 36.4 Å². The number of carbonyl (C=O) groups excluding carboxylic acids is 4. The summed E-state index contributed by atoms with van der Waals surface area (Å²) in [7, 11) is 3.71. The maximum Gasteiger partial charge on any atom is 0.276 e. The van der Waals surface area contributed by atoms with Gasteiger partial charge in [0.15, 0.2) is 0 Å². The van der Waals surface area contributed by atoms with Gasteiger partial charge in [-0.3, -0.25) is 44.1 Å². The summed E-state index contributed by atoms with van der Waals surface area (Å²) in [5.74, 6) is -0.410. The first-order valence-corrected chi connectivity index (χ1v) is 23.1. The van der Waals surface area contributed by atoms with Crippen LogP contribution in [0.25, 0.3) is 22.1 Å². The molecule has 8 rings (SSSR count). The molecule has 22 heteroatoms. The van der Waals surface area contributed by atoms with E-state index in [9.17, 15) is 24.3 Å². The van der Waals surface area contributed by atoms with Crippen LogP contribution in [-0.4, -0.2) is 144 Å². The first-order chi connectivity index (χ1) is 32.6. The summed E-state index contributed by atoms with van der Waals surface area (Å²) in [4.78, 5) is 68.9. The highest BCUT2D eigenvalue weighted by molar-refractivity contribution is 6.06. The fraction of sp³-hybridized carbons (Fsp3) is 0.478. The minimum Gasteiger partial charge on any atom is -0.491 e. The van der Waals surface area contributed by atoms with Crippen LogP contribution in [0.1, 0.15) is 93.7 Å². The molecule has 0 aliphatic carbocycles. The number of aromatic nitrogens is 8. The number of nitrogens with one attached hydrogen (secondary N) is 2. The molecule has 4 aromatic heterocycles. The fourth-order valence-electron chi connectivity index (χ4n) is 9.08. The van der Waals surface area contributed by atoms with E-state index in [0.29, 0.717) is 147 Å². The van der Waals surface area contributed by atoms with Gasteiger partial charge in [-0.2, -0.15) is 10.2 Å². The summed E-state index contributed by atoms with van der Waals surface area (Å²) in [5.41, 5.74) is 17.6. The summed E-state index contributed by atoms with van der Waals surface area (Å²) in [6.45, 7) is 12.9. The lowest BCUT2D eigenvalue weighted by Crippen LogP contribution is -2.44. The third-order valence-electron chi connectivity index (χ3n) is 12.5. The quantitative estimate of drug-likeness (QED) is 0.0578. The van der Waals surface area contributed by atoms with E-state index < -0.39 is 18.0 Å². The molecule has 4 amide bonds. The molecule has 0 bridgehead atoms. The van der Waals surface area contributed by atoms with Crippen LogP contribution in [0.5, 0.6) is 5.75 Å². The molecule has 1 unspecified atom stereocenters. The summed E-state index contributed by atoms with van der Waals surface area (Å²) in [5, 5.41) is 25.6. The van der Waals surface area contributed by atoms with Gasteiger partial charge in [0.1, 0.15) is 28.9 Å². The normalized spacial score (nSPS) is 15.5. The number of amides is 4. The molecule has 6 aromatic rings. The number of ether oxygens (including phenoxy) is 2. The Hall–Kier alpha value is -6.88. The number of carbonyl (C=O) groups is 4. The van der Waals surface area contributed by atoms with Crippen LogP contribution in [0.3, 0.4) is 0 Å². The minimum absolute atomic E-state index is 0.00799. The Morgan fingerprint density at radius 1 is 0.897 bits per heavy atom. The zero-order valence-electron chi connectivity index (χ0n) is 39.5. The SMILES string of the molecule is CCn1nc(C)cc1C(=O)Nc1nc2cc(C(N)O)cc(OCCCN(C)C(=O)CN3CCOCC3)c2n1CCC[C@H]1CN(C)c2cc(C(N)=O)cc3nc(NC(=O)c4cc(C)nn4CC)n1c23. The number of nitrogens with zero attached hydrogens (tertiary/aromatic N) is 11. The van der Waals surface area contributed by atoms with Crippen LogP contribution in [0.2, 0.25) is 0 Å². The Kier molecular flexibility index (Phi) is 14.1. The van der Waals surface area contributed by atoms with Crippen LogP contribution >= 0.6 is 0 Å². The lowest BCUT2D eigenvalue weighted by atomic mass is 10.0. The molecular formula is C46H61N15O7. The van der Waals surface area contributed by atoms with Crippen LogP contribution in [0.4, 0.5) is 17.6 Å². The third-order valence-corrected chi connectivity index (χ3v) is 12.5. The highest BCUT2D eigenvalue weighted by Crippen LogP contribution is 2.40. The van der Waals surface area contributed by atoms with Gasteiger partial charge in [-0.15, -0.1) is 0 Å². The van der Waals surface area contributed by atoms with Crippen molar-refractivity contribution in [1.29, 1.82) is 0 Å². The van der Waals surface area contributed by atoms with Crippen molar-refractivity contribution >= 4 is 63.3 Å². The van der Waals surface area contributed by atoms with E-state index in [1.54, 1.807) is 57.7 Å². The fourth-order valence-corrected chi connectivity index (χ4v) is 9.08. The smallest absolute Gasteiger partial charge is 0.276 e. The van der Waals surface area contributed by atoms with Gasteiger partial charge in [-0.25, -0.2) is 9.97 Å². The van der Waals surface area contributed by atoms with Gasteiger partial charge < -0.3 is 45.0 Å². The van der Waals surface area contributed by atoms with E-state index in [-0.39, 0.29) is 30.4 Å². The predicted molar refractivity (Wildman–Crippen MR) is 255 cm³/mol. The van der Waals surface area contributed by atoms with Gasteiger partial charge in [0.05, 0.1) is 66.0 Å². The second-order valence-corrected chi connectivity index (χ2v) is 17.4. The molecule has 2 aromatic carbocycles. The number of primary amides is 1. The average molecular weight is 936 g/mol. The minimum atomic E-state index is -1.34. The van der Waals surface area contributed by atoms with E-state index in [4.69, 9.17) is 30.9 Å². The number of anilines is 3. The summed E-state index contributed by atoms with van der Waals surface area (Å²) < 4.78 is 19.1. The predicted octanol–water partition coefficient (Wildman–Crippen LogP) is 3.02. The van der Waals surface area contributed by atoms with E-state index in [1.807, 2.05) is 43.9 Å². The van der Waals surface area contributed by atoms with Crippen molar-refractivity contribution in [2.75, 3.05) is 82.2 Å². The maximum atomic E-state index is 14.0. The van der Waals surface area contributed by atoms with Crippen molar-refractivity contribution in [2.45, 2.75) is 78.9 Å². The van der Waals surface area contributed by atoms with Gasteiger partial charge >= 0.3 is 0 Å². The number of aliphatic hydroxyl groups excluding tert-OH is 1. The van der Waals surface area contributed by atoms with Crippen LogP contribution in [0, 0.1) is 13.8 Å². The van der Waals surface area contributed by atoms with Crippen molar-refractivity contribution < 1.29 is 33.8 Å². The molecule has 2 aliphatic heterocycles. The topological polar surface area (TPSA) is 264 Å². The molecule has 0 spiro atoms. The molecular weight excluding hydrogens is 875 g/mol.